The molecule has 3 aromatic carbocycles. The zero-order valence-electron chi connectivity index (χ0n) is 19.1. The molecule has 176 valence electrons. The number of benzene rings is 3. The van der Waals surface area contributed by atoms with Gasteiger partial charge in [0.25, 0.3) is 0 Å². The molecule has 2 atom stereocenters. The highest BCUT2D eigenvalue weighted by Crippen LogP contribution is 2.27. The van der Waals surface area contributed by atoms with Gasteiger partial charge in [0.1, 0.15) is 17.4 Å². The minimum atomic E-state index is -3.94. The van der Waals surface area contributed by atoms with Crippen molar-refractivity contribution in [3.8, 4) is 5.75 Å². The molecular formula is C26H25NO6S. The molecular weight excluding hydrogens is 454 g/mol. The van der Waals surface area contributed by atoms with Crippen LogP contribution in [0.4, 0.5) is 0 Å². The Bertz CT molecular complexity index is 1520. The van der Waals surface area contributed by atoms with E-state index in [0.717, 1.165) is 10.9 Å². The van der Waals surface area contributed by atoms with Crippen LogP contribution in [0.15, 0.2) is 80.8 Å². The lowest BCUT2D eigenvalue weighted by atomic mass is 10.0. The SMILES string of the molecule is CC[C@H](C)[C@@H](NS(=O)(=O)c1ccc(C)cc1)C(=O)Oc1ccc2c(c1)oc(=O)c1ccccc12. The Kier molecular flexibility index (Phi) is 6.54. The van der Waals surface area contributed by atoms with Crippen LogP contribution in [0, 0.1) is 12.8 Å². The molecule has 0 unspecified atom stereocenters. The predicted octanol–water partition coefficient (Wildman–Crippen LogP) is 4.55. The van der Waals surface area contributed by atoms with Crippen LogP contribution in [0.5, 0.6) is 5.75 Å². The first-order valence-corrected chi connectivity index (χ1v) is 12.4. The minimum absolute atomic E-state index is 0.0681. The highest BCUT2D eigenvalue weighted by molar-refractivity contribution is 7.89. The van der Waals surface area contributed by atoms with E-state index in [1.54, 1.807) is 43.3 Å². The summed E-state index contributed by atoms with van der Waals surface area (Å²) in [4.78, 5) is 25.4. The van der Waals surface area contributed by atoms with Gasteiger partial charge in [-0.15, -0.1) is 0 Å². The van der Waals surface area contributed by atoms with Gasteiger partial charge in [0.2, 0.25) is 10.0 Å². The molecule has 4 rings (SSSR count). The fourth-order valence-electron chi connectivity index (χ4n) is 3.69. The third-order valence-electron chi connectivity index (χ3n) is 5.89. The number of carbonyl (C=O) groups excluding carboxylic acids is 1. The summed E-state index contributed by atoms with van der Waals surface area (Å²) >= 11 is 0. The Morgan fingerprint density at radius 2 is 1.68 bits per heavy atom. The molecule has 0 bridgehead atoms. The number of nitrogens with one attached hydrogen (secondary N) is 1. The number of sulfonamides is 1. The van der Waals surface area contributed by atoms with Gasteiger partial charge in [0.05, 0.1) is 10.3 Å². The molecule has 0 aliphatic heterocycles. The number of esters is 1. The van der Waals surface area contributed by atoms with Gasteiger partial charge < -0.3 is 9.15 Å². The van der Waals surface area contributed by atoms with Crippen LogP contribution < -0.4 is 15.1 Å². The van der Waals surface area contributed by atoms with Gasteiger partial charge in [-0.25, -0.2) is 18.0 Å². The maximum absolute atomic E-state index is 13.1. The second-order valence-electron chi connectivity index (χ2n) is 8.31. The highest BCUT2D eigenvalue weighted by Gasteiger charge is 2.31. The molecule has 1 aromatic heterocycles. The predicted molar refractivity (Wildman–Crippen MR) is 130 cm³/mol. The summed E-state index contributed by atoms with van der Waals surface area (Å²) in [5, 5.41) is 1.89. The second kappa shape index (κ2) is 9.40. The summed E-state index contributed by atoms with van der Waals surface area (Å²) in [5.74, 6) is -0.915. The van der Waals surface area contributed by atoms with Crippen LogP contribution in [-0.2, 0) is 14.8 Å². The monoisotopic (exact) mass is 479 g/mol. The number of hydrogen-bond acceptors (Lipinski definition) is 6. The molecule has 4 aromatic rings. The number of carbonyl (C=O) groups is 1. The van der Waals surface area contributed by atoms with E-state index >= 15 is 0 Å². The van der Waals surface area contributed by atoms with Crippen molar-refractivity contribution in [2.24, 2.45) is 5.92 Å². The molecule has 0 aliphatic rings. The van der Waals surface area contributed by atoms with E-state index in [9.17, 15) is 18.0 Å². The molecule has 0 saturated carbocycles. The third-order valence-corrected chi connectivity index (χ3v) is 7.35. The lowest BCUT2D eigenvalue weighted by Crippen LogP contribution is -2.46. The van der Waals surface area contributed by atoms with E-state index < -0.39 is 27.7 Å². The summed E-state index contributed by atoms with van der Waals surface area (Å²) < 4.78 is 39.2. The van der Waals surface area contributed by atoms with Crippen molar-refractivity contribution in [1.82, 2.24) is 4.72 Å². The standard InChI is InChI=1S/C26H25NO6S/c1-4-17(3)24(27-34(30,31)19-12-9-16(2)10-13-19)26(29)32-18-11-14-21-20-7-5-6-8-22(20)25(28)33-23(21)15-18/h5-15,17,24,27H,4H2,1-3H3/t17-,24+/m0/s1. The number of aryl methyl sites for hydroxylation is 1. The van der Waals surface area contributed by atoms with E-state index in [2.05, 4.69) is 4.72 Å². The van der Waals surface area contributed by atoms with Crippen LogP contribution in [0.2, 0.25) is 0 Å². The smallest absolute Gasteiger partial charge is 0.344 e. The molecule has 8 heteroatoms. The Morgan fingerprint density at radius 3 is 2.35 bits per heavy atom. The Morgan fingerprint density at radius 1 is 1.00 bits per heavy atom. The zero-order chi connectivity index (χ0) is 24.5. The summed E-state index contributed by atoms with van der Waals surface area (Å²) in [7, 11) is -3.94. The Labute approximate surface area is 197 Å². The third kappa shape index (κ3) is 4.73. The molecule has 0 aliphatic carbocycles. The van der Waals surface area contributed by atoms with Gasteiger partial charge in [-0.05, 0) is 48.6 Å². The van der Waals surface area contributed by atoms with Crippen LogP contribution in [-0.4, -0.2) is 20.4 Å². The number of fused-ring (bicyclic) bond motifs is 3. The van der Waals surface area contributed by atoms with Crippen LogP contribution in [0.1, 0.15) is 25.8 Å². The Hall–Kier alpha value is -3.49. The average Bonchev–Trinajstić information content (AvgIpc) is 2.82. The first kappa shape index (κ1) is 23.7. The van der Waals surface area contributed by atoms with Gasteiger partial charge in [-0.2, -0.15) is 4.72 Å². The van der Waals surface area contributed by atoms with E-state index in [-0.39, 0.29) is 22.1 Å². The maximum Gasteiger partial charge on any atom is 0.344 e. The molecule has 0 amide bonds. The van der Waals surface area contributed by atoms with E-state index in [1.165, 1.54) is 18.2 Å². The van der Waals surface area contributed by atoms with Crippen LogP contribution in [0.25, 0.3) is 21.7 Å². The summed E-state index contributed by atoms with van der Waals surface area (Å²) in [6.07, 6.45) is 0.550. The molecule has 0 radical (unpaired) electrons. The van der Waals surface area contributed by atoms with Gasteiger partial charge in [0.15, 0.2) is 0 Å². The van der Waals surface area contributed by atoms with E-state index in [4.69, 9.17) is 9.15 Å². The maximum atomic E-state index is 13.1. The van der Waals surface area contributed by atoms with Crippen molar-refractivity contribution in [1.29, 1.82) is 0 Å². The molecule has 1 N–H and O–H groups in total. The van der Waals surface area contributed by atoms with Crippen LogP contribution >= 0.6 is 0 Å². The van der Waals surface area contributed by atoms with Crippen molar-refractivity contribution in [3.05, 3.63) is 82.7 Å². The van der Waals surface area contributed by atoms with Crippen molar-refractivity contribution >= 4 is 37.7 Å². The molecule has 0 fully saturated rings. The zero-order valence-corrected chi connectivity index (χ0v) is 19.9. The van der Waals surface area contributed by atoms with E-state index in [0.29, 0.717) is 17.2 Å². The van der Waals surface area contributed by atoms with Gasteiger partial charge >= 0.3 is 11.6 Å². The van der Waals surface area contributed by atoms with E-state index in [1.807, 2.05) is 26.0 Å². The first-order valence-electron chi connectivity index (χ1n) is 11.0. The quantitative estimate of drug-likeness (QED) is 0.181. The fourth-order valence-corrected chi connectivity index (χ4v) is 4.98. The van der Waals surface area contributed by atoms with Crippen LogP contribution in [0.3, 0.4) is 0 Å². The Balaban J connectivity index is 1.63. The van der Waals surface area contributed by atoms with Gasteiger partial charge in [-0.3, -0.25) is 0 Å². The largest absolute Gasteiger partial charge is 0.425 e. The molecule has 0 saturated heterocycles. The fraction of sp³-hybridized carbons (Fsp3) is 0.231. The average molecular weight is 480 g/mol. The molecule has 34 heavy (non-hydrogen) atoms. The summed E-state index contributed by atoms with van der Waals surface area (Å²) in [5.41, 5.74) is 0.705. The topological polar surface area (TPSA) is 103 Å². The first-order chi connectivity index (χ1) is 16.2. The number of rotatable bonds is 7. The highest BCUT2D eigenvalue weighted by atomic mass is 32.2. The molecule has 1 heterocycles. The van der Waals surface area contributed by atoms with Crippen molar-refractivity contribution in [2.75, 3.05) is 0 Å². The molecule has 0 spiro atoms. The van der Waals surface area contributed by atoms with Gasteiger partial charge in [-0.1, -0.05) is 56.2 Å². The van der Waals surface area contributed by atoms with Crippen molar-refractivity contribution in [3.63, 3.8) is 0 Å². The van der Waals surface area contributed by atoms with Crippen molar-refractivity contribution < 1.29 is 22.4 Å². The lowest BCUT2D eigenvalue weighted by Gasteiger charge is -2.22. The summed E-state index contributed by atoms with van der Waals surface area (Å²) in [6.45, 7) is 5.49. The van der Waals surface area contributed by atoms with Gasteiger partial charge in [0, 0.05) is 11.5 Å². The second-order valence-corrected chi connectivity index (χ2v) is 10.0. The van der Waals surface area contributed by atoms with Crippen molar-refractivity contribution in [2.45, 2.75) is 38.1 Å². The minimum Gasteiger partial charge on any atom is -0.425 e. The lowest BCUT2D eigenvalue weighted by molar-refractivity contribution is -0.137. The number of ether oxygens (including phenoxy) is 1. The normalized spacial score (nSPS) is 13.6. The summed E-state index contributed by atoms with van der Waals surface area (Å²) in [6, 6.07) is 17.1. The number of hydrogen-bond donors (Lipinski definition) is 1. The molecule has 7 nitrogen and oxygen atoms in total.